The summed E-state index contributed by atoms with van der Waals surface area (Å²) in [6.45, 7) is 0. The summed E-state index contributed by atoms with van der Waals surface area (Å²) in [7, 11) is 0. The van der Waals surface area contributed by atoms with Crippen LogP contribution in [0.4, 0.5) is 4.39 Å². The van der Waals surface area contributed by atoms with E-state index in [1.807, 2.05) is 0 Å². The van der Waals surface area contributed by atoms with E-state index in [1.54, 1.807) is 0 Å². The minimum atomic E-state index is -1.13. The van der Waals surface area contributed by atoms with E-state index < -0.39 is 35.0 Å². The Hall–Kier alpha value is -2.11. The van der Waals surface area contributed by atoms with Gasteiger partial charge in [-0.05, 0) is 30.9 Å². The molecule has 0 radical (unpaired) electrons. The van der Waals surface area contributed by atoms with Crippen molar-refractivity contribution in [1.29, 1.82) is 0 Å². The van der Waals surface area contributed by atoms with Gasteiger partial charge >= 0.3 is 5.97 Å². The van der Waals surface area contributed by atoms with Gasteiger partial charge in [0.1, 0.15) is 23.2 Å². The first-order valence-electron chi connectivity index (χ1n) is 7.02. The number of halogens is 1. The van der Waals surface area contributed by atoms with Crippen molar-refractivity contribution in [2.75, 3.05) is 0 Å². The maximum absolute atomic E-state index is 13.6. The summed E-state index contributed by atoms with van der Waals surface area (Å²) in [6.07, 6.45) is 4.36. The standard InChI is InChI=1S/C15H18FNO4/c16-10-7-4-8-11(18)12(10)14(19)17-13(15(20)21)9-5-2-1-3-6-9/h4,7-9,13,18H,1-3,5-6H2,(H,17,19)(H,20,21). The van der Waals surface area contributed by atoms with E-state index in [2.05, 4.69) is 5.32 Å². The van der Waals surface area contributed by atoms with Gasteiger partial charge in [-0.1, -0.05) is 25.3 Å². The van der Waals surface area contributed by atoms with Crippen LogP contribution in [0.1, 0.15) is 42.5 Å². The van der Waals surface area contributed by atoms with E-state index in [-0.39, 0.29) is 5.92 Å². The second-order valence-corrected chi connectivity index (χ2v) is 5.32. The maximum Gasteiger partial charge on any atom is 0.326 e. The second kappa shape index (κ2) is 6.56. The molecule has 1 amide bonds. The fourth-order valence-corrected chi connectivity index (χ4v) is 2.80. The van der Waals surface area contributed by atoms with Crippen molar-refractivity contribution in [2.24, 2.45) is 5.92 Å². The van der Waals surface area contributed by atoms with Gasteiger partial charge in [-0.2, -0.15) is 0 Å². The number of carbonyl (C=O) groups is 2. The number of phenols is 1. The molecule has 21 heavy (non-hydrogen) atoms. The minimum Gasteiger partial charge on any atom is -0.507 e. The highest BCUT2D eigenvalue weighted by Gasteiger charge is 2.32. The zero-order valence-corrected chi connectivity index (χ0v) is 11.5. The number of carboxylic acid groups (broad SMARTS) is 1. The predicted molar refractivity (Wildman–Crippen MR) is 73.5 cm³/mol. The fourth-order valence-electron chi connectivity index (χ4n) is 2.80. The molecule has 1 saturated carbocycles. The summed E-state index contributed by atoms with van der Waals surface area (Å²) in [5, 5.41) is 21.2. The average Bonchev–Trinajstić information content (AvgIpc) is 2.45. The SMILES string of the molecule is O=C(NC(C(=O)O)C1CCCCC1)c1c(O)cccc1F. The van der Waals surface area contributed by atoms with Gasteiger partial charge in [0, 0.05) is 0 Å². The van der Waals surface area contributed by atoms with Gasteiger partial charge in [0.05, 0.1) is 0 Å². The Morgan fingerprint density at radius 1 is 1.24 bits per heavy atom. The molecule has 0 bridgehead atoms. The topological polar surface area (TPSA) is 86.6 Å². The van der Waals surface area contributed by atoms with Gasteiger partial charge in [-0.3, -0.25) is 4.79 Å². The molecule has 1 aromatic carbocycles. The summed E-state index contributed by atoms with van der Waals surface area (Å²) in [5.41, 5.74) is -0.514. The van der Waals surface area contributed by atoms with Gasteiger partial charge in [0.25, 0.3) is 5.91 Å². The van der Waals surface area contributed by atoms with Crippen LogP contribution in [0.2, 0.25) is 0 Å². The lowest BCUT2D eigenvalue weighted by Gasteiger charge is -2.28. The Morgan fingerprint density at radius 3 is 2.48 bits per heavy atom. The van der Waals surface area contributed by atoms with Crippen LogP contribution >= 0.6 is 0 Å². The van der Waals surface area contributed by atoms with Crippen LogP contribution in [-0.4, -0.2) is 28.1 Å². The molecule has 1 fully saturated rings. The van der Waals surface area contributed by atoms with Crippen LogP contribution in [0.15, 0.2) is 18.2 Å². The van der Waals surface area contributed by atoms with Gasteiger partial charge in [0.2, 0.25) is 0 Å². The van der Waals surface area contributed by atoms with Crippen molar-refractivity contribution < 1.29 is 24.2 Å². The van der Waals surface area contributed by atoms with E-state index in [0.717, 1.165) is 38.2 Å². The number of hydrogen-bond acceptors (Lipinski definition) is 3. The Morgan fingerprint density at radius 2 is 1.90 bits per heavy atom. The van der Waals surface area contributed by atoms with E-state index >= 15 is 0 Å². The van der Waals surface area contributed by atoms with Crippen molar-refractivity contribution in [1.82, 2.24) is 5.32 Å². The molecule has 0 aliphatic heterocycles. The van der Waals surface area contributed by atoms with Gasteiger partial charge < -0.3 is 15.5 Å². The van der Waals surface area contributed by atoms with Crippen LogP contribution in [0.3, 0.4) is 0 Å². The normalized spacial score (nSPS) is 17.2. The average molecular weight is 295 g/mol. The lowest BCUT2D eigenvalue weighted by molar-refractivity contribution is -0.141. The highest BCUT2D eigenvalue weighted by atomic mass is 19.1. The number of benzene rings is 1. The quantitative estimate of drug-likeness (QED) is 0.795. The maximum atomic E-state index is 13.6. The van der Waals surface area contributed by atoms with Gasteiger partial charge in [-0.15, -0.1) is 0 Å². The molecule has 1 unspecified atom stereocenters. The summed E-state index contributed by atoms with van der Waals surface area (Å²) in [5.74, 6) is -3.57. The molecule has 0 aromatic heterocycles. The molecule has 1 aliphatic carbocycles. The Bertz CT molecular complexity index is 520. The molecule has 0 saturated heterocycles. The third-order valence-electron chi connectivity index (χ3n) is 3.89. The number of aromatic hydroxyl groups is 1. The summed E-state index contributed by atoms with van der Waals surface area (Å²) < 4.78 is 13.6. The highest BCUT2D eigenvalue weighted by Crippen LogP contribution is 2.27. The van der Waals surface area contributed by atoms with Crippen LogP contribution in [0.25, 0.3) is 0 Å². The fraction of sp³-hybridized carbons (Fsp3) is 0.467. The molecular weight excluding hydrogens is 277 g/mol. The van der Waals surface area contributed by atoms with Gasteiger partial charge in [-0.25, -0.2) is 9.18 Å². The first kappa shape index (κ1) is 15.3. The molecule has 1 aromatic rings. The Balaban J connectivity index is 2.16. The Labute approximate surface area is 121 Å². The lowest BCUT2D eigenvalue weighted by atomic mass is 9.84. The number of rotatable bonds is 4. The molecule has 0 heterocycles. The molecular formula is C15H18FNO4. The monoisotopic (exact) mass is 295 g/mol. The van der Waals surface area contributed by atoms with Crippen LogP contribution < -0.4 is 5.32 Å². The number of amides is 1. The second-order valence-electron chi connectivity index (χ2n) is 5.32. The molecule has 3 N–H and O–H groups in total. The number of phenolic OH excluding ortho intramolecular Hbond substituents is 1. The van der Waals surface area contributed by atoms with Crippen molar-refractivity contribution in [2.45, 2.75) is 38.1 Å². The third kappa shape index (κ3) is 3.51. The van der Waals surface area contributed by atoms with E-state index in [0.29, 0.717) is 0 Å². The number of nitrogens with one attached hydrogen (secondary N) is 1. The van der Waals surface area contributed by atoms with E-state index in [1.165, 1.54) is 12.1 Å². The summed E-state index contributed by atoms with van der Waals surface area (Å²) >= 11 is 0. The van der Waals surface area contributed by atoms with Gasteiger partial charge in [0.15, 0.2) is 0 Å². The molecule has 2 rings (SSSR count). The van der Waals surface area contributed by atoms with Crippen LogP contribution in [0.5, 0.6) is 5.75 Å². The van der Waals surface area contributed by atoms with E-state index in [9.17, 15) is 24.2 Å². The van der Waals surface area contributed by atoms with Crippen LogP contribution in [-0.2, 0) is 4.79 Å². The largest absolute Gasteiger partial charge is 0.507 e. The van der Waals surface area contributed by atoms with E-state index in [4.69, 9.17) is 0 Å². The summed E-state index contributed by atoms with van der Waals surface area (Å²) in [6, 6.07) is 2.45. The zero-order chi connectivity index (χ0) is 15.4. The number of aliphatic carboxylic acids is 1. The predicted octanol–water partition coefficient (Wildman–Crippen LogP) is 2.29. The highest BCUT2D eigenvalue weighted by molar-refractivity contribution is 5.99. The molecule has 0 spiro atoms. The smallest absolute Gasteiger partial charge is 0.326 e. The zero-order valence-electron chi connectivity index (χ0n) is 11.5. The minimum absolute atomic E-state index is 0.158. The molecule has 1 aliphatic rings. The first-order chi connectivity index (χ1) is 10.0. The Kier molecular flexibility index (Phi) is 4.77. The van der Waals surface area contributed by atoms with Crippen molar-refractivity contribution >= 4 is 11.9 Å². The first-order valence-corrected chi connectivity index (χ1v) is 7.02. The van der Waals surface area contributed by atoms with Crippen molar-refractivity contribution in [3.63, 3.8) is 0 Å². The molecule has 114 valence electrons. The molecule has 6 heteroatoms. The summed E-state index contributed by atoms with van der Waals surface area (Å²) in [4.78, 5) is 23.4. The molecule has 1 atom stereocenters. The van der Waals surface area contributed by atoms with Crippen molar-refractivity contribution in [3.05, 3.63) is 29.6 Å². The van der Waals surface area contributed by atoms with Crippen LogP contribution in [0, 0.1) is 11.7 Å². The molecule has 5 nitrogen and oxygen atoms in total. The number of carboxylic acids is 1. The van der Waals surface area contributed by atoms with Crippen molar-refractivity contribution in [3.8, 4) is 5.75 Å². The number of carbonyl (C=O) groups excluding carboxylic acids is 1. The third-order valence-corrected chi connectivity index (χ3v) is 3.89. The number of hydrogen-bond donors (Lipinski definition) is 3. The lowest BCUT2D eigenvalue weighted by Crippen LogP contribution is -2.46.